The molecule has 3 nitrogen and oxygen atoms in total. The Morgan fingerprint density at radius 1 is 1.71 bits per heavy atom. The topological polar surface area (TPSA) is 39.9 Å². The highest BCUT2D eigenvalue weighted by atomic mass is 35.5. The van der Waals surface area contributed by atoms with Crippen molar-refractivity contribution in [2.45, 2.75) is 19.2 Å². The Kier molecular flexibility index (Phi) is 4.71. The van der Waals surface area contributed by atoms with Crippen LogP contribution in [-0.4, -0.2) is 18.1 Å². The van der Waals surface area contributed by atoms with Gasteiger partial charge in [0.1, 0.15) is 0 Å². The summed E-state index contributed by atoms with van der Waals surface area (Å²) in [4.78, 5) is 6.44. The van der Waals surface area contributed by atoms with E-state index < -0.39 is 0 Å². The van der Waals surface area contributed by atoms with Gasteiger partial charge in [0.25, 0.3) is 0 Å². The molecule has 0 saturated heterocycles. The van der Waals surface area contributed by atoms with E-state index in [4.69, 9.17) is 16.9 Å². The molecule has 0 aliphatic heterocycles. The molecule has 0 radical (unpaired) electrons. The molecule has 0 fully saturated rings. The van der Waals surface area contributed by atoms with E-state index in [1.165, 1.54) is 0 Å². The first-order chi connectivity index (χ1) is 6.81. The van der Waals surface area contributed by atoms with E-state index in [1.54, 1.807) is 11.3 Å². The fourth-order valence-electron chi connectivity index (χ4n) is 1.08. The monoisotopic (exact) mass is 229 g/mol. The summed E-state index contributed by atoms with van der Waals surface area (Å²) in [6, 6.07) is 2.13. The normalized spacial score (nSPS) is 9.79. The summed E-state index contributed by atoms with van der Waals surface area (Å²) in [5.74, 6) is 0.451. The van der Waals surface area contributed by atoms with Crippen molar-refractivity contribution in [1.82, 2.24) is 4.98 Å². The van der Waals surface area contributed by atoms with Crippen LogP contribution in [0.5, 0.6) is 0 Å². The van der Waals surface area contributed by atoms with E-state index in [9.17, 15) is 0 Å². The van der Waals surface area contributed by atoms with Crippen molar-refractivity contribution in [2.24, 2.45) is 0 Å². The molecule has 0 bridgehead atoms. The molecule has 1 aromatic rings. The molecule has 0 spiro atoms. The lowest BCUT2D eigenvalue weighted by Gasteiger charge is -2.17. The number of hydrogen-bond acceptors (Lipinski definition) is 4. The molecular formula is C9H12ClN3S. The quantitative estimate of drug-likeness (QED) is 0.729. The van der Waals surface area contributed by atoms with Crippen molar-refractivity contribution in [1.29, 1.82) is 5.26 Å². The molecule has 0 aliphatic rings. The van der Waals surface area contributed by atoms with E-state index in [-0.39, 0.29) is 0 Å². The molecule has 1 rings (SSSR count). The standard InChI is InChI=1S/C9H12ClN3S/c1-2-13(5-3-4-11)9-12-8(6-10)7-14-9/h7H,2-3,5-6H2,1H3. The molecule has 0 amide bonds. The summed E-state index contributed by atoms with van der Waals surface area (Å²) in [5.41, 5.74) is 0.905. The van der Waals surface area contributed by atoms with Gasteiger partial charge in [0.05, 0.1) is 24.1 Å². The van der Waals surface area contributed by atoms with Crippen molar-refractivity contribution < 1.29 is 0 Å². The molecule has 0 atom stereocenters. The lowest BCUT2D eigenvalue weighted by molar-refractivity contribution is 0.820. The van der Waals surface area contributed by atoms with E-state index in [0.717, 1.165) is 23.9 Å². The van der Waals surface area contributed by atoms with Gasteiger partial charge in [-0.3, -0.25) is 0 Å². The highest BCUT2D eigenvalue weighted by Crippen LogP contribution is 2.21. The summed E-state index contributed by atoms with van der Waals surface area (Å²) in [7, 11) is 0. The number of hydrogen-bond donors (Lipinski definition) is 0. The fourth-order valence-corrected chi connectivity index (χ4v) is 2.22. The van der Waals surface area contributed by atoms with E-state index in [1.807, 2.05) is 5.38 Å². The molecule has 76 valence electrons. The van der Waals surface area contributed by atoms with Crippen LogP contribution in [-0.2, 0) is 5.88 Å². The molecule has 0 N–H and O–H groups in total. The van der Waals surface area contributed by atoms with Gasteiger partial charge < -0.3 is 4.90 Å². The number of thiazole rings is 1. The molecule has 14 heavy (non-hydrogen) atoms. The zero-order valence-corrected chi connectivity index (χ0v) is 9.61. The molecule has 5 heteroatoms. The van der Waals surface area contributed by atoms with Gasteiger partial charge in [-0.2, -0.15) is 5.26 Å². The third-order valence-electron chi connectivity index (χ3n) is 1.82. The van der Waals surface area contributed by atoms with Gasteiger partial charge in [0, 0.05) is 18.5 Å². The number of nitriles is 1. The SMILES string of the molecule is CCN(CCC#N)c1nc(CCl)cs1. The van der Waals surface area contributed by atoms with Crippen molar-refractivity contribution in [3.8, 4) is 6.07 Å². The number of halogens is 1. The predicted molar refractivity (Wildman–Crippen MR) is 59.8 cm³/mol. The number of rotatable bonds is 5. The fraction of sp³-hybridized carbons (Fsp3) is 0.556. The number of alkyl halides is 1. The second kappa shape index (κ2) is 5.84. The minimum atomic E-state index is 0.451. The molecule has 1 aromatic heterocycles. The van der Waals surface area contributed by atoms with Crippen molar-refractivity contribution >= 4 is 28.1 Å². The zero-order valence-electron chi connectivity index (χ0n) is 8.03. The van der Waals surface area contributed by atoms with Gasteiger partial charge in [-0.25, -0.2) is 4.98 Å². The molecule has 0 aliphatic carbocycles. The third kappa shape index (κ3) is 2.86. The van der Waals surface area contributed by atoms with Gasteiger partial charge in [-0.05, 0) is 6.92 Å². The maximum Gasteiger partial charge on any atom is 0.185 e. The van der Waals surface area contributed by atoms with Crippen LogP contribution < -0.4 is 4.90 Å². The Morgan fingerprint density at radius 3 is 3.00 bits per heavy atom. The van der Waals surface area contributed by atoms with Crippen LogP contribution in [0.15, 0.2) is 5.38 Å². The smallest absolute Gasteiger partial charge is 0.185 e. The Bertz CT molecular complexity index is 318. The third-order valence-corrected chi connectivity index (χ3v) is 3.05. The largest absolute Gasteiger partial charge is 0.347 e. The Balaban J connectivity index is 2.64. The van der Waals surface area contributed by atoms with Gasteiger partial charge >= 0.3 is 0 Å². The summed E-state index contributed by atoms with van der Waals surface area (Å²) in [5, 5.41) is 11.4. The minimum absolute atomic E-state index is 0.451. The second-order valence-corrected chi connectivity index (χ2v) is 3.85. The first-order valence-corrected chi connectivity index (χ1v) is 5.85. The van der Waals surface area contributed by atoms with Crippen LogP contribution >= 0.6 is 22.9 Å². The van der Waals surface area contributed by atoms with E-state index in [2.05, 4.69) is 22.9 Å². The van der Waals surface area contributed by atoms with Crippen LogP contribution in [0.3, 0.4) is 0 Å². The van der Waals surface area contributed by atoms with Crippen molar-refractivity contribution in [2.75, 3.05) is 18.0 Å². The van der Waals surface area contributed by atoms with Gasteiger partial charge in [-0.15, -0.1) is 22.9 Å². The lowest BCUT2D eigenvalue weighted by atomic mass is 10.4. The van der Waals surface area contributed by atoms with E-state index >= 15 is 0 Å². The number of anilines is 1. The number of nitrogens with zero attached hydrogens (tertiary/aromatic N) is 3. The molecule has 0 unspecified atom stereocenters. The van der Waals surface area contributed by atoms with Gasteiger partial charge in [0.2, 0.25) is 0 Å². The summed E-state index contributed by atoms with van der Waals surface area (Å²) in [6.45, 7) is 3.66. The van der Waals surface area contributed by atoms with Crippen molar-refractivity contribution in [3.05, 3.63) is 11.1 Å². The van der Waals surface area contributed by atoms with Crippen LogP contribution in [0.2, 0.25) is 0 Å². The Labute approximate surface area is 92.9 Å². The average molecular weight is 230 g/mol. The predicted octanol–water partition coefficient (Wildman–Crippen LogP) is 2.62. The molecule has 0 saturated carbocycles. The van der Waals surface area contributed by atoms with Crippen molar-refractivity contribution in [3.63, 3.8) is 0 Å². The van der Waals surface area contributed by atoms with Crippen LogP contribution in [0.4, 0.5) is 5.13 Å². The maximum atomic E-state index is 8.49. The summed E-state index contributed by atoms with van der Waals surface area (Å²) < 4.78 is 0. The highest BCUT2D eigenvalue weighted by Gasteiger charge is 2.08. The highest BCUT2D eigenvalue weighted by molar-refractivity contribution is 7.13. The van der Waals surface area contributed by atoms with Gasteiger partial charge in [-0.1, -0.05) is 0 Å². The first-order valence-electron chi connectivity index (χ1n) is 4.44. The van der Waals surface area contributed by atoms with E-state index in [0.29, 0.717) is 12.3 Å². The first kappa shape index (κ1) is 11.3. The minimum Gasteiger partial charge on any atom is -0.347 e. The zero-order chi connectivity index (χ0) is 10.4. The maximum absolute atomic E-state index is 8.49. The Morgan fingerprint density at radius 2 is 2.50 bits per heavy atom. The summed E-state index contributed by atoms with van der Waals surface area (Å²) in [6.07, 6.45) is 0.531. The average Bonchev–Trinajstić information content (AvgIpc) is 2.68. The molecule has 1 heterocycles. The van der Waals surface area contributed by atoms with Crippen LogP contribution in [0.1, 0.15) is 19.0 Å². The lowest BCUT2D eigenvalue weighted by Crippen LogP contribution is -2.23. The number of aromatic nitrogens is 1. The molecule has 0 aromatic carbocycles. The Hall–Kier alpha value is -0.790. The second-order valence-electron chi connectivity index (χ2n) is 2.74. The van der Waals surface area contributed by atoms with Crippen LogP contribution in [0, 0.1) is 11.3 Å². The van der Waals surface area contributed by atoms with Crippen LogP contribution in [0.25, 0.3) is 0 Å². The molecular weight excluding hydrogens is 218 g/mol. The van der Waals surface area contributed by atoms with Gasteiger partial charge in [0.15, 0.2) is 5.13 Å². The summed E-state index contributed by atoms with van der Waals surface area (Å²) >= 11 is 7.24.